The van der Waals surface area contributed by atoms with Gasteiger partial charge in [0.15, 0.2) is 4.80 Å². The van der Waals surface area contributed by atoms with Crippen LogP contribution in [0.5, 0.6) is 0 Å². The first-order valence-corrected chi connectivity index (χ1v) is 8.31. The number of amides is 1. The Hall–Kier alpha value is -1.10. The number of fused-ring (bicyclic) bond motifs is 1. The topological polar surface area (TPSA) is 34.4 Å². The molecule has 0 fully saturated rings. The first kappa shape index (κ1) is 16.3. The van der Waals surface area contributed by atoms with Gasteiger partial charge in [-0.1, -0.05) is 54.0 Å². The van der Waals surface area contributed by atoms with Gasteiger partial charge in [0, 0.05) is 18.0 Å². The maximum absolute atomic E-state index is 11.9. The molecule has 0 bridgehead atoms. The molecule has 0 unspecified atom stereocenters. The monoisotopic (exact) mass is 342 g/mol. The zero-order valence-corrected chi connectivity index (χ0v) is 14.1. The van der Waals surface area contributed by atoms with Crippen molar-refractivity contribution in [3.05, 3.63) is 39.6 Å². The smallest absolute Gasteiger partial charge is 0.248 e. The highest BCUT2D eigenvalue weighted by Gasteiger charge is 2.11. The predicted octanol–water partition coefficient (Wildman–Crippen LogP) is 4.81. The number of thiazole rings is 1. The highest BCUT2D eigenvalue weighted by atomic mass is 35.5. The van der Waals surface area contributed by atoms with Gasteiger partial charge >= 0.3 is 0 Å². The third kappa shape index (κ3) is 3.76. The van der Waals surface area contributed by atoms with Gasteiger partial charge in [0.2, 0.25) is 5.91 Å². The number of hydrogen-bond acceptors (Lipinski definition) is 2. The van der Waals surface area contributed by atoms with Crippen LogP contribution in [0.1, 0.15) is 26.2 Å². The number of hydrogen-bond donors (Lipinski definition) is 0. The van der Waals surface area contributed by atoms with E-state index >= 15 is 0 Å². The van der Waals surface area contributed by atoms with Crippen molar-refractivity contribution in [2.75, 3.05) is 0 Å². The second kappa shape index (κ2) is 7.25. The average Bonchev–Trinajstić information content (AvgIpc) is 2.74. The fourth-order valence-corrected chi connectivity index (χ4v) is 3.84. The molecule has 6 heteroatoms. The molecule has 3 nitrogen and oxygen atoms in total. The lowest BCUT2D eigenvalue weighted by Crippen LogP contribution is -2.16. The second-order valence-electron chi connectivity index (χ2n) is 4.63. The summed E-state index contributed by atoms with van der Waals surface area (Å²) in [6.45, 7) is 6.34. The van der Waals surface area contributed by atoms with Crippen LogP contribution in [0.2, 0.25) is 10.0 Å². The van der Waals surface area contributed by atoms with Crippen molar-refractivity contribution in [3.8, 4) is 0 Å². The van der Waals surface area contributed by atoms with Crippen molar-refractivity contribution >= 4 is 50.7 Å². The van der Waals surface area contributed by atoms with Gasteiger partial charge in [-0.2, -0.15) is 4.99 Å². The van der Waals surface area contributed by atoms with Crippen LogP contribution in [0.3, 0.4) is 0 Å². The van der Waals surface area contributed by atoms with Crippen molar-refractivity contribution in [1.29, 1.82) is 0 Å². The number of aromatic nitrogens is 1. The zero-order chi connectivity index (χ0) is 15.4. The van der Waals surface area contributed by atoms with Gasteiger partial charge in [0.25, 0.3) is 0 Å². The minimum Gasteiger partial charge on any atom is -0.311 e. The molecule has 21 heavy (non-hydrogen) atoms. The molecule has 0 N–H and O–H groups in total. The van der Waals surface area contributed by atoms with Gasteiger partial charge in [-0.15, -0.1) is 6.58 Å². The van der Waals surface area contributed by atoms with E-state index in [9.17, 15) is 4.79 Å². The largest absolute Gasteiger partial charge is 0.311 e. The van der Waals surface area contributed by atoms with E-state index in [1.54, 1.807) is 12.1 Å². The maximum Gasteiger partial charge on any atom is 0.248 e. The number of nitrogens with zero attached hydrogens (tertiary/aromatic N) is 2. The number of carbonyl (C=O) groups excluding carboxylic acids is 1. The first-order chi connectivity index (χ1) is 10.1. The molecular formula is C15H16Cl2N2OS. The van der Waals surface area contributed by atoms with Crippen molar-refractivity contribution in [2.45, 2.75) is 32.7 Å². The van der Waals surface area contributed by atoms with Gasteiger partial charge < -0.3 is 4.57 Å². The Labute approximate surface area is 137 Å². The van der Waals surface area contributed by atoms with E-state index < -0.39 is 0 Å². The van der Waals surface area contributed by atoms with E-state index in [0.717, 1.165) is 23.1 Å². The molecule has 112 valence electrons. The average molecular weight is 343 g/mol. The second-order valence-corrected chi connectivity index (χ2v) is 6.48. The van der Waals surface area contributed by atoms with E-state index in [0.29, 0.717) is 27.8 Å². The normalized spacial score (nSPS) is 12.0. The van der Waals surface area contributed by atoms with Crippen LogP contribution in [0.4, 0.5) is 0 Å². The van der Waals surface area contributed by atoms with Crippen molar-refractivity contribution in [1.82, 2.24) is 4.57 Å². The highest BCUT2D eigenvalue weighted by molar-refractivity contribution is 7.16. The van der Waals surface area contributed by atoms with Crippen LogP contribution >= 0.6 is 34.5 Å². The number of allylic oxidation sites excluding steroid dienone is 1. The van der Waals surface area contributed by atoms with Crippen LogP contribution in [0, 0.1) is 0 Å². The predicted molar refractivity (Wildman–Crippen MR) is 90.1 cm³/mol. The summed E-state index contributed by atoms with van der Waals surface area (Å²) in [5, 5.41) is 1.13. The summed E-state index contributed by atoms with van der Waals surface area (Å²) in [5.41, 5.74) is 0.841. The van der Waals surface area contributed by atoms with Gasteiger partial charge in [0.05, 0.1) is 15.2 Å². The summed E-state index contributed by atoms with van der Waals surface area (Å²) >= 11 is 13.7. The Balaban J connectivity index is 2.60. The molecular weight excluding hydrogens is 327 g/mol. The Bertz CT molecular complexity index is 746. The van der Waals surface area contributed by atoms with Crippen molar-refractivity contribution < 1.29 is 4.79 Å². The van der Waals surface area contributed by atoms with E-state index in [4.69, 9.17) is 23.2 Å². The third-order valence-electron chi connectivity index (χ3n) is 2.97. The summed E-state index contributed by atoms with van der Waals surface area (Å²) in [6, 6.07) is 3.53. The number of unbranched alkanes of at least 4 members (excludes halogenated alkanes) is 1. The minimum atomic E-state index is -0.108. The summed E-state index contributed by atoms with van der Waals surface area (Å²) in [7, 11) is 0. The molecule has 0 aliphatic carbocycles. The molecule has 0 saturated heterocycles. The number of benzene rings is 1. The SMILES string of the molecule is C=CCn1c(=NC(=O)CCCC)sc2cc(Cl)cc(Cl)c21. The molecule has 0 spiro atoms. The Morgan fingerprint density at radius 2 is 2.24 bits per heavy atom. The fraction of sp³-hybridized carbons (Fsp3) is 0.333. The molecule has 2 aromatic rings. The van der Waals surface area contributed by atoms with Gasteiger partial charge in [-0.3, -0.25) is 4.79 Å². The standard InChI is InChI=1S/C15H16Cl2N2OS/c1-3-5-6-13(20)18-15-19(7-4-2)14-11(17)8-10(16)9-12(14)21-15/h4,8-9H,2-3,5-7H2,1H3. The number of halogens is 2. The Kier molecular flexibility index (Phi) is 5.62. The lowest BCUT2D eigenvalue weighted by atomic mass is 10.2. The van der Waals surface area contributed by atoms with E-state index in [2.05, 4.69) is 11.6 Å². The van der Waals surface area contributed by atoms with Gasteiger partial charge in [0.1, 0.15) is 0 Å². The van der Waals surface area contributed by atoms with Gasteiger partial charge in [-0.05, 0) is 18.6 Å². The summed E-state index contributed by atoms with van der Waals surface area (Å²) in [4.78, 5) is 16.7. The van der Waals surface area contributed by atoms with Crippen molar-refractivity contribution in [2.24, 2.45) is 4.99 Å². The molecule has 1 amide bonds. The van der Waals surface area contributed by atoms with E-state index in [1.165, 1.54) is 11.3 Å². The molecule has 0 atom stereocenters. The Morgan fingerprint density at radius 1 is 1.48 bits per heavy atom. The quantitative estimate of drug-likeness (QED) is 0.717. The van der Waals surface area contributed by atoms with E-state index in [1.807, 2.05) is 17.6 Å². The number of rotatable bonds is 5. The van der Waals surface area contributed by atoms with Crippen LogP contribution in [-0.4, -0.2) is 10.5 Å². The fourth-order valence-electron chi connectivity index (χ4n) is 2.00. The number of carbonyl (C=O) groups is 1. The highest BCUT2D eigenvalue weighted by Crippen LogP contribution is 2.29. The molecule has 0 aliphatic rings. The molecule has 1 heterocycles. The molecule has 1 aromatic heterocycles. The molecule has 0 aliphatic heterocycles. The molecule has 0 radical (unpaired) electrons. The third-order valence-corrected chi connectivity index (χ3v) is 4.50. The maximum atomic E-state index is 11.9. The lowest BCUT2D eigenvalue weighted by molar-refractivity contribution is -0.118. The van der Waals surface area contributed by atoms with Crippen LogP contribution < -0.4 is 4.80 Å². The molecule has 2 rings (SSSR count). The minimum absolute atomic E-state index is 0.108. The van der Waals surface area contributed by atoms with Crippen molar-refractivity contribution in [3.63, 3.8) is 0 Å². The van der Waals surface area contributed by atoms with E-state index in [-0.39, 0.29) is 5.91 Å². The summed E-state index contributed by atoms with van der Waals surface area (Å²) in [6.07, 6.45) is 4.04. The van der Waals surface area contributed by atoms with Crippen LogP contribution in [0.15, 0.2) is 29.8 Å². The first-order valence-electron chi connectivity index (χ1n) is 6.73. The zero-order valence-electron chi connectivity index (χ0n) is 11.7. The summed E-state index contributed by atoms with van der Waals surface area (Å²) in [5.74, 6) is -0.108. The molecule has 1 aromatic carbocycles. The Morgan fingerprint density at radius 3 is 2.90 bits per heavy atom. The van der Waals surface area contributed by atoms with Crippen LogP contribution in [-0.2, 0) is 11.3 Å². The summed E-state index contributed by atoms with van der Waals surface area (Å²) < 4.78 is 2.81. The van der Waals surface area contributed by atoms with Crippen LogP contribution in [0.25, 0.3) is 10.2 Å². The molecule has 0 saturated carbocycles. The lowest BCUT2D eigenvalue weighted by Gasteiger charge is -2.03. The van der Waals surface area contributed by atoms with Gasteiger partial charge in [-0.25, -0.2) is 0 Å².